The van der Waals surface area contributed by atoms with Gasteiger partial charge in [-0.3, -0.25) is 18.5 Å². The molecule has 3 aromatic heterocycles. The fourth-order valence-electron chi connectivity index (χ4n) is 2.21. The Morgan fingerprint density at radius 2 is 1.76 bits per heavy atom. The summed E-state index contributed by atoms with van der Waals surface area (Å²) in [5.74, 6) is 0. The van der Waals surface area contributed by atoms with E-state index >= 15 is 0 Å². The van der Waals surface area contributed by atoms with Gasteiger partial charge in [0, 0.05) is 26.2 Å². The molecule has 3 aromatic rings. The summed E-state index contributed by atoms with van der Waals surface area (Å²) in [7, 11) is 3.08. The highest BCUT2D eigenvalue weighted by molar-refractivity contribution is 5.69. The lowest BCUT2D eigenvalue weighted by atomic mass is 10.5. The number of aryl methyl sites for hydroxylation is 1. The average Bonchev–Trinajstić information content (AvgIpc) is 2.88. The van der Waals surface area contributed by atoms with Crippen molar-refractivity contribution in [2.75, 3.05) is 0 Å². The second-order valence-corrected chi connectivity index (χ2v) is 4.62. The lowest BCUT2D eigenvalue weighted by Gasteiger charge is -2.04. The Bertz CT molecular complexity index is 895. The molecule has 3 heterocycles. The molecule has 0 aliphatic heterocycles. The predicted octanol–water partition coefficient (Wildman–Crippen LogP) is -3.77. The van der Waals surface area contributed by atoms with E-state index in [2.05, 4.69) is 4.98 Å². The average molecular weight is 308 g/mol. The number of pyridine rings is 1. The molecule has 0 spiro atoms. The van der Waals surface area contributed by atoms with Gasteiger partial charge in [0.1, 0.15) is 6.33 Å². The zero-order chi connectivity index (χ0) is 14.3. The van der Waals surface area contributed by atoms with E-state index < -0.39 is 0 Å². The summed E-state index contributed by atoms with van der Waals surface area (Å²) in [5, 5.41) is 0. The van der Waals surface area contributed by atoms with Crippen molar-refractivity contribution in [2.24, 2.45) is 14.1 Å². The van der Waals surface area contributed by atoms with Gasteiger partial charge in [-0.2, -0.15) is 4.57 Å². The highest BCUT2D eigenvalue weighted by Crippen LogP contribution is 2.03. The van der Waals surface area contributed by atoms with E-state index in [9.17, 15) is 9.59 Å². The Labute approximate surface area is 126 Å². The van der Waals surface area contributed by atoms with Crippen LogP contribution < -0.4 is 28.2 Å². The molecule has 0 aromatic carbocycles. The third-order valence-electron chi connectivity index (χ3n) is 3.31. The molecule has 110 valence electrons. The fraction of sp³-hybridized carbons (Fsp3) is 0.231. The Morgan fingerprint density at radius 3 is 2.43 bits per heavy atom. The summed E-state index contributed by atoms with van der Waals surface area (Å²) < 4.78 is 6.13. The van der Waals surface area contributed by atoms with Crippen LogP contribution in [0.2, 0.25) is 0 Å². The number of fused-ring (bicyclic) bond motifs is 1. The minimum atomic E-state index is -0.375. The van der Waals surface area contributed by atoms with Crippen LogP contribution in [0.4, 0.5) is 0 Å². The Hall–Kier alpha value is -2.41. The third-order valence-corrected chi connectivity index (χ3v) is 3.31. The molecule has 0 saturated carbocycles. The quantitative estimate of drug-likeness (QED) is 0.457. The summed E-state index contributed by atoms with van der Waals surface area (Å²) in [6, 6.07) is 5.74. The first kappa shape index (κ1) is 15.0. The number of rotatable bonds is 2. The summed E-state index contributed by atoms with van der Waals surface area (Å²) in [4.78, 5) is 28.3. The number of imidazole rings is 1. The zero-order valence-electron chi connectivity index (χ0n) is 11.6. The summed E-state index contributed by atoms with van der Waals surface area (Å²) in [6.45, 7) is 0.463. The van der Waals surface area contributed by atoms with E-state index in [1.54, 1.807) is 17.9 Å². The number of halogens is 1. The van der Waals surface area contributed by atoms with Crippen molar-refractivity contribution in [2.45, 2.75) is 6.67 Å². The summed E-state index contributed by atoms with van der Waals surface area (Å²) in [5.41, 5.74) is 0.109. The molecular formula is C13H14ClN5O2. The minimum Gasteiger partial charge on any atom is -1.00 e. The van der Waals surface area contributed by atoms with Crippen molar-refractivity contribution in [3.63, 3.8) is 0 Å². The van der Waals surface area contributed by atoms with Crippen LogP contribution in [-0.2, 0) is 20.8 Å². The van der Waals surface area contributed by atoms with Crippen LogP contribution in [0.3, 0.4) is 0 Å². The maximum absolute atomic E-state index is 12.3. The van der Waals surface area contributed by atoms with Gasteiger partial charge in [-0.05, 0) is 0 Å². The van der Waals surface area contributed by atoms with Gasteiger partial charge in [0.05, 0.1) is 0 Å². The Morgan fingerprint density at radius 1 is 1.10 bits per heavy atom. The van der Waals surface area contributed by atoms with Crippen molar-refractivity contribution in [3.8, 4) is 0 Å². The molecule has 0 N–H and O–H groups in total. The number of hydrogen-bond donors (Lipinski definition) is 0. The maximum atomic E-state index is 12.3. The largest absolute Gasteiger partial charge is 1.00 e. The minimum absolute atomic E-state index is 0. The first-order valence-corrected chi connectivity index (χ1v) is 6.14. The molecule has 0 atom stereocenters. The van der Waals surface area contributed by atoms with Gasteiger partial charge < -0.3 is 12.4 Å². The monoisotopic (exact) mass is 307 g/mol. The van der Waals surface area contributed by atoms with Crippen LogP contribution in [0.25, 0.3) is 11.2 Å². The highest BCUT2D eigenvalue weighted by atomic mass is 35.5. The van der Waals surface area contributed by atoms with E-state index in [0.717, 1.165) is 4.57 Å². The molecule has 0 aliphatic rings. The molecule has 0 bridgehead atoms. The van der Waals surface area contributed by atoms with Gasteiger partial charge in [0.15, 0.2) is 23.6 Å². The second-order valence-electron chi connectivity index (χ2n) is 4.62. The van der Waals surface area contributed by atoms with Gasteiger partial charge in [-0.1, -0.05) is 6.07 Å². The molecule has 21 heavy (non-hydrogen) atoms. The van der Waals surface area contributed by atoms with Crippen LogP contribution in [0, 0.1) is 0 Å². The summed E-state index contributed by atoms with van der Waals surface area (Å²) in [6.07, 6.45) is 5.38. The topological polar surface area (TPSA) is 65.7 Å². The normalized spacial score (nSPS) is 10.6. The first-order valence-electron chi connectivity index (χ1n) is 6.14. The number of aromatic nitrogens is 5. The molecule has 0 radical (unpaired) electrons. The van der Waals surface area contributed by atoms with E-state index in [1.807, 2.05) is 35.2 Å². The Kier molecular flexibility index (Phi) is 3.95. The second kappa shape index (κ2) is 5.53. The van der Waals surface area contributed by atoms with Crippen LogP contribution in [0.1, 0.15) is 0 Å². The van der Waals surface area contributed by atoms with Gasteiger partial charge in [-0.15, -0.1) is 0 Å². The standard InChI is InChI=1S/C13H14N5O2.ClH/c1-15-11-10(12(19)16(2)13(15)20)18(8-14-11)9-17-6-4-3-5-7-17;/h3-8H,9H2,1-2H3;1H/q+1;/p-1. The molecule has 0 aliphatic carbocycles. The zero-order valence-corrected chi connectivity index (χ0v) is 12.4. The SMILES string of the molecule is Cn1c(=O)c2c(ncn2C[n+]2ccccc2)n(C)c1=O.[Cl-]. The molecule has 8 heteroatoms. The number of hydrogen-bond acceptors (Lipinski definition) is 3. The van der Waals surface area contributed by atoms with Crippen molar-refractivity contribution in [3.05, 3.63) is 57.8 Å². The molecule has 0 unspecified atom stereocenters. The summed E-state index contributed by atoms with van der Waals surface area (Å²) >= 11 is 0. The molecule has 7 nitrogen and oxygen atoms in total. The van der Waals surface area contributed by atoms with Crippen LogP contribution in [0.5, 0.6) is 0 Å². The smallest absolute Gasteiger partial charge is 0.332 e. The lowest BCUT2D eigenvalue weighted by Crippen LogP contribution is -3.00. The van der Waals surface area contributed by atoms with Gasteiger partial charge >= 0.3 is 5.69 Å². The maximum Gasteiger partial charge on any atom is 0.332 e. The molecule has 0 fully saturated rings. The Balaban J connectivity index is 0.00000161. The highest BCUT2D eigenvalue weighted by Gasteiger charge is 2.15. The van der Waals surface area contributed by atoms with E-state index in [4.69, 9.17) is 0 Å². The van der Waals surface area contributed by atoms with E-state index in [0.29, 0.717) is 17.8 Å². The fourth-order valence-corrected chi connectivity index (χ4v) is 2.21. The van der Waals surface area contributed by atoms with Crippen molar-refractivity contribution >= 4 is 11.2 Å². The van der Waals surface area contributed by atoms with Crippen LogP contribution in [-0.4, -0.2) is 18.7 Å². The van der Waals surface area contributed by atoms with Crippen molar-refractivity contribution in [1.29, 1.82) is 0 Å². The van der Waals surface area contributed by atoms with Crippen LogP contribution >= 0.6 is 0 Å². The number of nitrogens with zero attached hydrogens (tertiary/aromatic N) is 5. The van der Waals surface area contributed by atoms with Crippen LogP contribution in [0.15, 0.2) is 46.5 Å². The first-order chi connectivity index (χ1) is 9.59. The van der Waals surface area contributed by atoms with Gasteiger partial charge in [0.2, 0.25) is 6.67 Å². The van der Waals surface area contributed by atoms with Gasteiger partial charge in [0.25, 0.3) is 5.56 Å². The molecule has 0 saturated heterocycles. The van der Waals surface area contributed by atoms with Crippen molar-refractivity contribution in [1.82, 2.24) is 18.7 Å². The lowest BCUT2D eigenvalue weighted by molar-refractivity contribution is -0.701. The molecule has 3 rings (SSSR count). The van der Waals surface area contributed by atoms with Gasteiger partial charge in [-0.25, -0.2) is 9.78 Å². The molecular weight excluding hydrogens is 294 g/mol. The van der Waals surface area contributed by atoms with Crippen molar-refractivity contribution < 1.29 is 17.0 Å². The third kappa shape index (κ3) is 2.36. The van der Waals surface area contributed by atoms with E-state index in [1.165, 1.54) is 11.6 Å². The predicted molar refractivity (Wildman–Crippen MR) is 72.3 cm³/mol. The van der Waals surface area contributed by atoms with E-state index in [-0.39, 0.29) is 23.7 Å². The molecule has 0 amide bonds.